The van der Waals surface area contributed by atoms with Crippen molar-refractivity contribution in [2.24, 2.45) is 0 Å². The molecule has 1 heterocycles. The van der Waals surface area contributed by atoms with Gasteiger partial charge >= 0.3 is 0 Å². The summed E-state index contributed by atoms with van der Waals surface area (Å²) in [7, 11) is 0. The zero-order valence-electron chi connectivity index (χ0n) is 7.16. The molecule has 1 saturated heterocycles. The Morgan fingerprint density at radius 2 is 2.23 bits per heavy atom. The normalized spacial score (nSPS) is 19.5. The fraction of sp³-hybridized carbons (Fsp3) is 0.400. The lowest BCUT2D eigenvalue weighted by molar-refractivity contribution is -0.184. The monoisotopic (exact) mass is 198 g/mol. The maximum atomic E-state index is 9.93. The lowest BCUT2D eigenvalue weighted by Gasteiger charge is -2.36. The van der Waals surface area contributed by atoms with Crippen LogP contribution in [0.2, 0.25) is 0 Å². The molecule has 1 aromatic rings. The molecule has 70 valence electrons. The minimum atomic E-state index is -0.776. The van der Waals surface area contributed by atoms with Crippen LogP contribution in [0.1, 0.15) is 11.1 Å². The fourth-order valence-corrected chi connectivity index (χ4v) is 1.57. The quantitative estimate of drug-likeness (QED) is 0.733. The molecule has 0 aromatic heterocycles. The number of alkyl halides is 1. The molecule has 2 rings (SSSR count). The van der Waals surface area contributed by atoms with Crippen molar-refractivity contribution in [3.05, 3.63) is 35.4 Å². The van der Waals surface area contributed by atoms with Crippen LogP contribution in [-0.2, 0) is 16.2 Å². The van der Waals surface area contributed by atoms with E-state index >= 15 is 0 Å². The molecule has 1 aliphatic heterocycles. The molecule has 0 bridgehead atoms. The minimum Gasteiger partial charge on any atom is -0.380 e. The molecule has 1 fully saturated rings. The van der Waals surface area contributed by atoms with E-state index in [9.17, 15) is 5.11 Å². The second-order valence-corrected chi connectivity index (χ2v) is 3.63. The van der Waals surface area contributed by atoms with Crippen LogP contribution >= 0.6 is 11.6 Å². The SMILES string of the molecule is OC1(c2cccc(CCl)c2)COC1. The first-order valence-corrected chi connectivity index (χ1v) is 4.73. The van der Waals surface area contributed by atoms with Crippen LogP contribution in [0.3, 0.4) is 0 Å². The van der Waals surface area contributed by atoms with Crippen molar-refractivity contribution < 1.29 is 9.84 Å². The van der Waals surface area contributed by atoms with Gasteiger partial charge in [0.1, 0.15) is 5.60 Å². The predicted octanol–water partition coefficient (Wildman–Crippen LogP) is 1.64. The Balaban J connectivity index is 2.29. The van der Waals surface area contributed by atoms with Crippen molar-refractivity contribution in [3.63, 3.8) is 0 Å². The summed E-state index contributed by atoms with van der Waals surface area (Å²) in [6.07, 6.45) is 0. The predicted molar refractivity (Wildman–Crippen MR) is 50.7 cm³/mol. The van der Waals surface area contributed by atoms with Gasteiger partial charge in [-0.15, -0.1) is 11.6 Å². The highest BCUT2D eigenvalue weighted by molar-refractivity contribution is 6.17. The second-order valence-electron chi connectivity index (χ2n) is 3.36. The van der Waals surface area contributed by atoms with Gasteiger partial charge in [0.05, 0.1) is 13.2 Å². The Bertz CT molecular complexity index is 308. The maximum Gasteiger partial charge on any atom is 0.136 e. The molecule has 3 heteroatoms. The average Bonchev–Trinajstić information content (AvgIpc) is 2.14. The molecule has 2 nitrogen and oxygen atoms in total. The standard InChI is InChI=1S/C10H11ClO2/c11-5-8-2-1-3-9(4-8)10(12)6-13-7-10/h1-4,12H,5-7H2. The van der Waals surface area contributed by atoms with E-state index in [-0.39, 0.29) is 0 Å². The van der Waals surface area contributed by atoms with E-state index in [0.717, 1.165) is 11.1 Å². The number of hydrogen-bond acceptors (Lipinski definition) is 2. The van der Waals surface area contributed by atoms with Crippen LogP contribution in [0.15, 0.2) is 24.3 Å². The van der Waals surface area contributed by atoms with Crippen molar-refractivity contribution in [1.82, 2.24) is 0 Å². The zero-order valence-corrected chi connectivity index (χ0v) is 7.92. The Morgan fingerprint density at radius 3 is 2.77 bits per heavy atom. The third kappa shape index (κ3) is 1.57. The van der Waals surface area contributed by atoms with Crippen LogP contribution < -0.4 is 0 Å². The first-order chi connectivity index (χ1) is 6.24. The number of ether oxygens (including phenoxy) is 1. The van der Waals surface area contributed by atoms with E-state index in [1.54, 1.807) is 0 Å². The van der Waals surface area contributed by atoms with Gasteiger partial charge in [-0.25, -0.2) is 0 Å². The second kappa shape index (κ2) is 3.29. The van der Waals surface area contributed by atoms with E-state index in [0.29, 0.717) is 19.1 Å². The summed E-state index contributed by atoms with van der Waals surface area (Å²) in [5, 5.41) is 9.93. The third-order valence-electron chi connectivity index (χ3n) is 2.30. The van der Waals surface area contributed by atoms with Gasteiger partial charge in [-0.1, -0.05) is 24.3 Å². The van der Waals surface area contributed by atoms with Crippen LogP contribution in [0, 0.1) is 0 Å². The highest BCUT2D eigenvalue weighted by Crippen LogP contribution is 2.29. The molecule has 0 spiro atoms. The van der Waals surface area contributed by atoms with Gasteiger partial charge in [0.15, 0.2) is 0 Å². The van der Waals surface area contributed by atoms with Gasteiger partial charge in [-0.05, 0) is 11.1 Å². The van der Waals surface area contributed by atoms with E-state index < -0.39 is 5.60 Å². The Morgan fingerprint density at radius 1 is 1.46 bits per heavy atom. The average molecular weight is 199 g/mol. The van der Waals surface area contributed by atoms with Gasteiger partial charge in [0.25, 0.3) is 0 Å². The van der Waals surface area contributed by atoms with E-state index in [2.05, 4.69) is 0 Å². The topological polar surface area (TPSA) is 29.5 Å². The van der Waals surface area contributed by atoms with Crippen LogP contribution in [0.5, 0.6) is 0 Å². The van der Waals surface area contributed by atoms with Crippen LogP contribution in [0.4, 0.5) is 0 Å². The van der Waals surface area contributed by atoms with Crippen LogP contribution in [-0.4, -0.2) is 18.3 Å². The summed E-state index contributed by atoms with van der Waals surface area (Å²) in [6, 6.07) is 7.68. The molecule has 0 atom stereocenters. The molecule has 0 unspecified atom stereocenters. The summed E-state index contributed by atoms with van der Waals surface area (Å²) >= 11 is 5.70. The number of halogens is 1. The lowest BCUT2D eigenvalue weighted by atomic mass is 9.91. The molecular weight excluding hydrogens is 188 g/mol. The Hall–Kier alpha value is -0.570. The fourth-order valence-electron chi connectivity index (χ4n) is 1.41. The number of aliphatic hydroxyl groups is 1. The van der Waals surface area contributed by atoms with Gasteiger partial charge in [-0.2, -0.15) is 0 Å². The Kier molecular flexibility index (Phi) is 2.28. The Labute approximate surface area is 82.1 Å². The van der Waals surface area contributed by atoms with Gasteiger partial charge < -0.3 is 9.84 Å². The number of rotatable bonds is 2. The minimum absolute atomic E-state index is 0.388. The first kappa shape index (κ1) is 9.00. The third-order valence-corrected chi connectivity index (χ3v) is 2.61. The number of benzene rings is 1. The van der Waals surface area contributed by atoms with E-state index in [1.165, 1.54) is 0 Å². The van der Waals surface area contributed by atoms with Crippen molar-refractivity contribution >= 4 is 11.6 Å². The first-order valence-electron chi connectivity index (χ1n) is 4.20. The molecule has 1 aliphatic rings. The van der Waals surface area contributed by atoms with Gasteiger partial charge in [-0.3, -0.25) is 0 Å². The van der Waals surface area contributed by atoms with Crippen molar-refractivity contribution in [2.75, 3.05) is 13.2 Å². The zero-order chi connectivity index (χ0) is 9.31. The van der Waals surface area contributed by atoms with Crippen molar-refractivity contribution in [2.45, 2.75) is 11.5 Å². The maximum absolute atomic E-state index is 9.93. The molecule has 0 aliphatic carbocycles. The van der Waals surface area contributed by atoms with Crippen LogP contribution in [0.25, 0.3) is 0 Å². The summed E-state index contributed by atoms with van der Waals surface area (Å²) in [5.41, 5.74) is 1.15. The molecule has 1 N–H and O–H groups in total. The largest absolute Gasteiger partial charge is 0.380 e. The summed E-state index contributed by atoms with van der Waals surface area (Å²) in [6.45, 7) is 0.775. The van der Waals surface area contributed by atoms with Gasteiger partial charge in [0, 0.05) is 5.88 Å². The van der Waals surface area contributed by atoms with Gasteiger partial charge in [0.2, 0.25) is 0 Å². The smallest absolute Gasteiger partial charge is 0.136 e. The number of hydrogen-bond donors (Lipinski definition) is 1. The molecule has 1 aromatic carbocycles. The summed E-state index contributed by atoms with van der Waals surface area (Å²) in [4.78, 5) is 0. The molecular formula is C10H11ClO2. The van der Waals surface area contributed by atoms with E-state index in [1.807, 2.05) is 24.3 Å². The van der Waals surface area contributed by atoms with E-state index in [4.69, 9.17) is 16.3 Å². The van der Waals surface area contributed by atoms with Crippen molar-refractivity contribution in [1.29, 1.82) is 0 Å². The highest BCUT2D eigenvalue weighted by atomic mass is 35.5. The molecule has 0 radical (unpaired) electrons. The highest BCUT2D eigenvalue weighted by Gasteiger charge is 2.37. The summed E-state index contributed by atoms with van der Waals surface area (Å²) in [5.74, 6) is 0.477. The molecule has 0 saturated carbocycles. The summed E-state index contributed by atoms with van der Waals surface area (Å²) < 4.78 is 4.98. The molecule has 13 heavy (non-hydrogen) atoms. The van der Waals surface area contributed by atoms with Crippen molar-refractivity contribution in [3.8, 4) is 0 Å². The molecule has 0 amide bonds. The lowest BCUT2D eigenvalue weighted by Crippen LogP contribution is -2.46.